The molecule has 4 heterocycles. The van der Waals surface area contributed by atoms with Crippen LogP contribution in [-0.2, 0) is 23.7 Å². The number of aryl methyl sites for hydroxylation is 4. The summed E-state index contributed by atoms with van der Waals surface area (Å²) in [5, 5.41) is 31.5. The van der Waals surface area contributed by atoms with Gasteiger partial charge in [0.2, 0.25) is 0 Å². The van der Waals surface area contributed by atoms with Gasteiger partial charge in [-0.3, -0.25) is 24.1 Å². The van der Waals surface area contributed by atoms with Gasteiger partial charge in [0.05, 0.1) is 16.9 Å². The molecule has 1 atom stereocenters. The fourth-order valence-corrected chi connectivity index (χ4v) is 7.10. The molecule has 0 spiro atoms. The summed E-state index contributed by atoms with van der Waals surface area (Å²) in [4.78, 5) is 31.1. The third-order valence-corrected chi connectivity index (χ3v) is 9.98. The molecular weight excluding hydrogens is 832 g/mol. The van der Waals surface area contributed by atoms with Crippen molar-refractivity contribution in [3.63, 3.8) is 0 Å². The van der Waals surface area contributed by atoms with Crippen molar-refractivity contribution >= 4 is 63.9 Å². The van der Waals surface area contributed by atoms with E-state index in [1.54, 1.807) is 48.0 Å². The minimum atomic E-state index is -1.18. The first-order valence-corrected chi connectivity index (χ1v) is 20.1. The van der Waals surface area contributed by atoms with Crippen LogP contribution in [0.2, 0.25) is 20.4 Å². The van der Waals surface area contributed by atoms with E-state index in [0.29, 0.717) is 60.7 Å². The lowest BCUT2D eigenvalue weighted by Gasteiger charge is -2.20. The highest BCUT2D eigenvalue weighted by Crippen LogP contribution is 2.41. The number of hydrogen-bond donors (Lipinski definition) is 2. The summed E-state index contributed by atoms with van der Waals surface area (Å²) in [6.07, 6.45) is 5.09. The lowest BCUT2D eigenvalue weighted by molar-refractivity contribution is -0.458. The van der Waals surface area contributed by atoms with Gasteiger partial charge < -0.3 is 20.7 Å². The first-order chi connectivity index (χ1) is 27.8. The summed E-state index contributed by atoms with van der Waals surface area (Å²) in [6.45, 7) is 10.1. The molecule has 11 nitrogen and oxygen atoms in total. The van der Waals surface area contributed by atoms with Crippen LogP contribution in [0.15, 0.2) is 91.3 Å². The molecule has 4 N–H and O–H groups in total. The van der Waals surface area contributed by atoms with Crippen LogP contribution in [0, 0.1) is 13.8 Å². The number of halogens is 4. The van der Waals surface area contributed by atoms with Gasteiger partial charge in [-0.1, -0.05) is 76.7 Å². The van der Waals surface area contributed by atoms with Gasteiger partial charge in [-0.25, -0.2) is 0 Å². The maximum absolute atomic E-state index is 11.3. The summed E-state index contributed by atoms with van der Waals surface area (Å²) in [6, 6.07) is 22.1. The fourth-order valence-electron chi connectivity index (χ4n) is 6.16. The molecule has 6 aromatic rings. The zero-order valence-electron chi connectivity index (χ0n) is 33.9. The normalized spacial score (nSPS) is 11.9. The molecule has 15 heteroatoms. The lowest BCUT2D eigenvalue weighted by atomic mass is 9.84. The predicted octanol–water partition coefficient (Wildman–Crippen LogP) is 8.79. The van der Waals surface area contributed by atoms with E-state index in [4.69, 9.17) is 46.4 Å². The molecule has 0 fully saturated rings. The van der Waals surface area contributed by atoms with Crippen LogP contribution in [0.25, 0.3) is 28.3 Å². The SMILES string of the molecule is CC(C)(C)[NH3+].Cc1cc(Cl)ccc1/C(=C/CC(=O)[O-])c1c(-c2ccccn2)nn(C)c1Cl.Cc1cc(Cl)ccc1C(CCC(=O)O)c1c(-c2ccccn2)nn(C)c1Cl. The van der Waals surface area contributed by atoms with Crippen LogP contribution >= 0.6 is 46.4 Å². The Morgan fingerprint density at radius 3 is 1.85 bits per heavy atom. The van der Waals surface area contributed by atoms with Gasteiger partial charge in [0, 0.05) is 72.4 Å². The maximum atomic E-state index is 11.3. The van der Waals surface area contributed by atoms with E-state index < -0.39 is 11.9 Å². The van der Waals surface area contributed by atoms with Gasteiger partial charge >= 0.3 is 5.97 Å². The molecule has 4 aromatic heterocycles. The number of nitrogens with zero attached hydrogens (tertiary/aromatic N) is 6. The van der Waals surface area contributed by atoms with Crippen LogP contribution in [0.5, 0.6) is 0 Å². The largest absolute Gasteiger partial charge is 0.550 e. The Bertz CT molecular complexity index is 2420. The van der Waals surface area contributed by atoms with E-state index in [0.717, 1.165) is 27.8 Å². The van der Waals surface area contributed by atoms with Gasteiger partial charge in [-0.05, 0) is 117 Å². The molecule has 0 aliphatic carbocycles. The fraction of sp³-hybridized carbons (Fsp3) is 0.273. The van der Waals surface area contributed by atoms with Crippen molar-refractivity contribution < 1.29 is 25.5 Å². The number of hydrogen-bond acceptors (Lipinski definition) is 7. The van der Waals surface area contributed by atoms with Gasteiger partial charge in [-0.15, -0.1) is 0 Å². The van der Waals surface area contributed by atoms with Crippen molar-refractivity contribution in [2.45, 2.75) is 65.3 Å². The Kier molecular flexibility index (Phi) is 16.4. The van der Waals surface area contributed by atoms with E-state index in [2.05, 4.69) is 46.7 Å². The molecule has 59 heavy (non-hydrogen) atoms. The van der Waals surface area contributed by atoms with Crippen molar-refractivity contribution in [2.75, 3.05) is 0 Å². The van der Waals surface area contributed by atoms with E-state index in [1.807, 2.05) is 80.6 Å². The Hall–Kier alpha value is -5.04. The molecule has 310 valence electrons. The van der Waals surface area contributed by atoms with Crippen molar-refractivity contribution in [1.82, 2.24) is 29.5 Å². The smallest absolute Gasteiger partial charge is 0.303 e. The number of aliphatic carboxylic acids is 2. The molecule has 0 bridgehead atoms. The third kappa shape index (κ3) is 13.0. The highest BCUT2D eigenvalue weighted by molar-refractivity contribution is 6.32. The monoisotopic (exact) mass is 877 g/mol. The minimum absolute atomic E-state index is 0.0135. The first-order valence-electron chi connectivity index (χ1n) is 18.5. The first kappa shape index (κ1) is 46.6. The van der Waals surface area contributed by atoms with Crippen LogP contribution in [-0.4, -0.2) is 52.1 Å². The molecule has 0 radical (unpaired) electrons. The molecule has 0 amide bonds. The lowest BCUT2D eigenvalue weighted by Crippen LogP contribution is -2.67. The molecule has 6 rings (SSSR count). The summed E-state index contributed by atoms with van der Waals surface area (Å²) < 4.78 is 3.14. The number of quaternary nitrogens is 1. The van der Waals surface area contributed by atoms with E-state index in [9.17, 15) is 19.8 Å². The second-order valence-electron chi connectivity index (χ2n) is 14.9. The summed E-state index contributed by atoms with van der Waals surface area (Å²) in [7, 11) is 3.49. The number of carboxylic acids is 2. The highest BCUT2D eigenvalue weighted by atomic mass is 35.5. The maximum Gasteiger partial charge on any atom is 0.303 e. The Morgan fingerprint density at radius 2 is 1.34 bits per heavy atom. The molecule has 0 saturated heterocycles. The van der Waals surface area contributed by atoms with Gasteiger partial charge in [0.1, 0.15) is 21.7 Å². The molecule has 1 unspecified atom stereocenters. The van der Waals surface area contributed by atoms with Crippen LogP contribution in [0.3, 0.4) is 0 Å². The van der Waals surface area contributed by atoms with Gasteiger partial charge in [0.25, 0.3) is 0 Å². The van der Waals surface area contributed by atoms with Crippen molar-refractivity contribution in [3.05, 3.63) is 145 Å². The van der Waals surface area contributed by atoms with E-state index in [1.165, 1.54) is 0 Å². The standard InChI is InChI=1S/C20H19Cl2N3O2.C20H17Cl2N3O2.C4H11N/c2*1-12-11-13(21)6-7-14(12)15(8-9-17(26)27)18-19(24-25(2)20(18)22)16-5-3-4-10-23-16;1-4(2,3)5/h3-7,10-11,15H,8-9H2,1-2H3,(H,26,27);3-8,10-11H,9H2,1-2H3,(H,26,27);5H2,1-3H3/b;15-8-;. The van der Waals surface area contributed by atoms with Crippen LogP contribution in [0.4, 0.5) is 0 Å². The number of rotatable bonds is 11. The second-order valence-corrected chi connectivity index (χ2v) is 16.5. The van der Waals surface area contributed by atoms with Crippen LogP contribution in [0.1, 0.15) is 79.3 Å². The second kappa shape index (κ2) is 20.8. The van der Waals surface area contributed by atoms with Gasteiger partial charge in [-0.2, -0.15) is 10.2 Å². The zero-order valence-corrected chi connectivity index (χ0v) is 37.0. The van der Waals surface area contributed by atoms with Crippen molar-refractivity contribution in [1.29, 1.82) is 0 Å². The Labute approximate surface area is 364 Å². The molecule has 0 saturated carbocycles. The number of benzene rings is 2. The average Bonchev–Trinajstić information content (AvgIpc) is 3.63. The summed E-state index contributed by atoms with van der Waals surface area (Å²) in [5.74, 6) is -2.28. The summed E-state index contributed by atoms with van der Waals surface area (Å²) in [5.41, 5.74) is 12.3. The molecular formula is C44H47Cl4N7O4. The molecule has 0 aliphatic heterocycles. The number of aromatic nitrogens is 6. The number of pyridine rings is 2. The van der Waals surface area contributed by atoms with Crippen molar-refractivity contribution in [3.8, 4) is 22.8 Å². The quantitative estimate of drug-likeness (QED) is 0.130. The molecule has 2 aromatic carbocycles. The zero-order chi connectivity index (χ0) is 43.6. The third-order valence-electron chi connectivity index (χ3n) is 8.63. The number of carboxylic acid groups (broad SMARTS) is 2. The topological polar surface area (TPSA) is 166 Å². The molecule has 0 aliphatic rings. The van der Waals surface area contributed by atoms with Crippen molar-refractivity contribution in [2.24, 2.45) is 14.1 Å². The predicted molar refractivity (Wildman–Crippen MR) is 233 cm³/mol. The number of carbonyl (C=O) groups is 2. The number of carbonyl (C=O) groups excluding carboxylic acids is 1. The van der Waals surface area contributed by atoms with E-state index in [-0.39, 0.29) is 24.3 Å². The Morgan fingerprint density at radius 1 is 0.814 bits per heavy atom. The van der Waals surface area contributed by atoms with Gasteiger partial charge in [0.15, 0.2) is 0 Å². The van der Waals surface area contributed by atoms with Crippen LogP contribution < -0.4 is 10.8 Å². The average molecular weight is 880 g/mol. The minimum Gasteiger partial charge on any atom is -0.550 e. The Balaban J connectivity index is 0.000000234. The summed E-state index contributed by atoms with van der Waals surface area (Å²) >= 11 is 25.3. The highest BCUT2D eigenvalue weighted by Gasteiger charge is 2.28. The van der Waals surface area contributed by atoms with E-state index >= 15 is 0 Å².